The fourth-order valence-electron chi connectivity index (χ4n) is 0.786. The van der Waals surface area contributed by atoms with Crippen LogP contribution in [0.3, 0.4) is 0 Å². The first-order valence-corrected chi connectivity index (χ1v) is 3.54. The van der Waals surface area contributed by atoms with Gasteiger partial charge in [-0.1, -0.05) is 19.1 Å². The number of aryl methyl sites for hydroxylation is 1. The molecule has 1 rings (SSSR count). The second kappa shape index (κ2) is 3.06. The van der Waals surface area contributed by atoms with E-state index in [2.05, 4.69) is 12.1 Å². The largest absolute Gasteiger partial charge is 0.424 e. The van der Waals surface area contributed by atoms with Gasteiger partial charge in [-0.15, -0.1) is 0 Å². The average molecular weight is 172 g/mol. The van der Waals surface area contributed by atoms with Crippen LogP contribution in [0.2, 0.25) is 0 Å². The van der Waals surface area contributed by atoms with Crippen molar-refractivity contribution >= 4 is 0 Å². The molecule has 0 bridgehead atoms. The van der Waals surface area contributed by atoms with E-state index in [0.717, 1.165) is 11.6 Å². The Labute approximate surface area is 69.0 Å². The lowest BCUT2D eigenvalue weighted by molar-refractivity contribution is -0.137. The van der Waals surface area contributed by atoms with E-state index in [0.29, 0.717) is 6.42 Å². The van der Waals surface area contributed by atoms with Crippen LogP contribution in [-0.4, -0.2) is 0 Å². The van der Waals surface area contributed by atoms with Gasteiger partial charge in [-0.05, 0) is 18.6 Å². The molecule has 0 heterocycles. The fraction of sp³-hybridized carbons (Fsp3) is 0.333. The molecule has 0 aromatic heterocycles. The molecule has 0 unspecified atom stereocenters. The Bertz CT molecular complexity index is 245. The fourth-order valence-corrected chi connectivity index (χ4v) is 0.786. The van der Waals surface area contributed by atoms with Gasteiger partial charge in [-0.2, -0.15) is 13.2 Å². The van der Waals surface area contributed by atoms with Crippen LogP contribution in [0.5, 0.6) is 0 Å². The van der Waals surface area contributed by atoms with Crippen molar-refractivity contribution in [2.24, 2.45) is 0 Å². The molecule has 1 aromatic carbocycles. The number of hydrogen-bond donors (Lipinski definition) is 0. The van der Waals surface area contributed by atoms with Crippen molar-refractivity contribution in [1.82, 2.24) is 0 Å². The number of rotatable bonds is 1. The van der Waals surface area contributed by atoms with Gasteiger partial charge in [0, 0.05) is 5.56 Å². The zero-order valence-corrected chi connectivity index (χ0v) is 6.50. The van der Waals surface area contributed by atoms with Crippen molar-refractivity contribution in [1.29, 1.82) is 0 Å². The van der Waals surface area contributed by atoms with E-state index in [1.165, 1.54) is 6.07 Å². The molecule has 0 amide bonds. The predicted molar refractivity (Wildman–Crippen MR) is 38.5 cm³/mol. The summed E-state index contributed by atoms with van der Waals surface area (Å²) in [6.45, 7) is 1.85. The Morgan fingerprint density at radius 1 is 1.25 bits per heavy atom. The number of hydrogen-bond acceptors (Lipinski definition) is 0. The van der Waals surface area contributed by atoms with Crippen molar-refractivity contribution < 1.29 is 13.2 Å². The minimum absolute atomic E-state index is 0.675. The molecule has 0 aliphatic heterocycles. The van der Waals surface area contributed by atoms with Crippen molar-refractivity contribution in [3.8, 4) is 0 Å². The molecule has 0 fully saturated rings. The summed E-state index contributed by atoms with van der Waals surface area (Å²) in [6, 6.07) is 6.97. The van der Waals surface area contributed by atoms with E-state index >= 15 is 0 Å². The highest BCUT2D eigenvalue weighted by molar-refractivity contribution is 5.17. The Hall–Kier alpha value is -1.17. The van der Waals surface area contributed by atoms with Crippen LogP contribution in [-0.2, 0) is 12.6 Å². The second-order valence-corrected chi connectivity index (χ2v) is 2.37. The highest BCUT2D eigenvalue weighted by Crippen LogP contribution is 2.27. The first-order valence-electron chi connectivity index (χ1n) is 3.54. The summed E-state index contributed by atoms with van der Waals surface area (Å²) in [6.07, 6.45) is -3.63. The van der Waals surface area contributed by atoms with Gasteiger partial charge in [-0.25, -0.2) is 0 Å². The molecule has 0 nitrogen and oxygen atoms in total. The Morgan fingerprint density at radius 2 is 1.92 bits per heavy atom. The van der Waals surface area contributed by atoms with E-state index < -0.39 is 11.7 Å². The highest BCUT2D eigenvalue weighted by atomic mass is 19.4. The molecule has 0 atom stereocenters. The van der Waals surface area contributed by atoms with Crippen molar-refractivity contribution in [3.63, 3.8) is 0 Å². The van der Waals surface area contributed by atoms with E-state index in [1.54, 1.807) is 0 Å². The Balaban J connectivity index is 2.93. The van der Waals surface area contributed by atoms with Crippen molar-refractivity contribution in [2.45, 2.75) is 19.5 Å². The third-order valence-corrected chi connectivity index (χ3v) is 1.50. The lowest BCUT2D eigenvalue weighted by Gasteiger charge is -2.02. The molecule has 0 saturated heterocycles. The minimum atomic E-state index is -4.30. The molecule has 0 radical (unpaired) electrons. The van der Waals surface area contributed by atoms with Gasteiger partial charge in [0.1, 0.15) is 5.56 Å². The molecule has 0 aliphatic rings. The van der Waals surface area contributed by atoms with Crippen molar-refractivity contribution in [2.75, 3.05) is 0 Å². The highest BCUT2D eigenvalue weighted by Gasteiger charge is 2.30. The summed E-state index contributed by atoms with van der Waals surface area (Å²) in [7, 11) is 0. The van der Waals surface area contributed by atoms with Gasteiger partial charge in [0.15, 0.2) is 0 Å². The maximum Gasteiger partial charge on any atom is 0.424 e. The molecule has 0 spiro atoms. The van der Waals surface area contributed by atoms with E-state index in [9.17, 15) is 13.2 Å². The maximum atomic E-state index is 12.0. The smallest absolute Gasteiger partial charge is 0.165 e. The lowest BCUT2D eigenvalue weighted by atomic mass is 10.1. The monoisotopic (exact) mass is 172 g/mol. The van der Waals surface area contributed by atoms with Crippen molar-refractivity contribution in [3.05, 3.63) is 35.4 Å². The SMILES string of the molecule is CCc1c#cc(C(F)(F)F)cc1. The van der Waals surface area contributed by atoms with E-state index in [1.807, 2.05) is 6.92 Å². The lowest BCUT2D eigenvalue weighted by Crippen LogP contribution is -2.03. The molecular formula is C9H7F3. The Kier molecular flexibility index (Phi) is 2.27. The molecular weight excluding hydrogens is 165 g/mol. The van der Waals surface area contributed by atoms with E-state index in [-0.39, 0.29) is 0 Å². The van der Waals surface area contributed by atoms with Crippen LogP contribution in [0.1, 0.15) is 18.1 Å². The summed E-state index contributed by atoms with van der Waals surface area (Å²) in [4.78, 5) is 0. The second-order valence-electron chi connectivity index (χ2n) is 2.37. The first-order chi connectivity index (χ1) is 5.54. The molecule has 1 aromatic rings. The zero-order valence-electron chi connectivity index (χ0n) is 6.50. The molecule has 64 valence electrons. The molecule has 0 saturated carbocycles. The molecule has 0 aliphatic carbocycles. The zero-order chi connectivity index (χ0) is 9.19. The topological polar surface area (TPSA) is 0 Å². The summed E-state index contributed by atoms with van der Waals surface area (Å²) in [5.74, 6) is 0. The van der Waals surface area contributed by atoms with Crippen LogP contribution in [0, 0.1) is 12.1 Å². The normalized spacial score (nSPS) is 11.0. The molecule has 3 heteroatoms. The van der Waals surface area contributed by atoms with Gasteiger partial charge >= 0.3 is 6.18 Å². The van der Waals surface area contributed by atoms with Crippen LogP contribution in [0.15, 0.2) is 12.1 Å². The Morgan fingerprint density at radius 3 is 2.25 bits per heavy atom. The van der Waals surface area contributed by atoms with Gasteiger partial charge in [0.2, 0.25) is 0 Å². The van der Waals surface area contributed by atoms with Crippen LogP contribution >= 0.6 is 0 Å². The number of halogens is 3. The predicted octanol–water partition coefficient (Wildman–Crippen LogP) is 2.87. The molecule has 0 N–H and O–H groups in total. The third-order valence-electron chi connectivity index (χ3n) is 1.50. The van der Waals surface area contributed by atoms with Gasteiger partial charge in [0.05, 0.1) is 0 Å². The summed E-state index contributed by atoms with van der Waals surface area (Å²) < 4.78 is 35.9. The summed E-state index contributed by atoms with van der Waals surface area (Å²) in [5, 5.41) is 0. The van der Waals surface area contributed by atoms with Gasteiger partial charge < -0.3 is 0 Å². The van der Waals surface area contributed by atoms with Gasteiger partial charge in [-0.3, -0.25) is 0 Å². The summed E-state index contributed by atoms with van der Waals surface area (Å²) in [5.41, 5.74) is -0.0253. The summed E-state index contributed by atoms with van der Waals surface area (Å²) >= 11 is 0. The molecule has 12 heavy (non-hydrogen) atoms. The average Bonchev–Trinajstić information content (AvgIpc) is 2.03. The third kappa shape index (κ3) is 1.91. The van der Waals surface area contributed by atoms with Crippen LogP contribution < -0.4 is 0 Å². The first kappa shape index (κ1) is 8.92. The number of alkyl halides is 3. The van der Waals surface area contributed by atoms with E-state index in [4.69, 9.17) is 0 Å². The standard InChI is InChI=1S/C9H7F3/c1-2-7-3-5-8(6-4-7)9(10,11)12/h3,5H,2H2,1H3. The quantitative estimate of drug-likeness (QED) is 0.611. The van der Waals surface area contributed by atoms with Gasteiger partial charge in [0.25, 0.3) is 0 Å². The maximum absolute atomic E-state index is 12.0. The van der Waals surface area contributed by atoms with Crippen LogP contribution in [0.25, 0.3) is 0 Å². The minimum Gasteiger partial charge on any atom is -0.165 e. The van der Waals surface area contributed by atoms with Crippen LogP contribution in [0.4, 0.5) is 13.2 Å².